The minimum Gasteiger partial charge on any atom is 2.00 e. The zero-order valence-electron chi connectivity index (χ0n) is 4.03. The van der Waals surface area contributed by atoms with Gasteiger partial charge in [0.1, 0.15) is 0 Å². The molecule has 0 heterocycles. The van der Waals surface area contributed by atoms with Gasteiger partial charge in [0.2, 0.25) is 0 Å². The van der Waals surface area contributed by atoms with E-state index in [9.17, 15) is 0 Å². The molecule has 0 unspecified atom stereocenters. The zero-order valence-corrected chi connectivity index (χ0v) is 11.9. The molecular formula is H4BaO6PbTiZr. The first kappa shape index (κ1) is 23.4. The van der Waals surface area contributed by atoms with E-state index < -0.39 is 41.3 Å². The molecule has 0 fully saturated rings. The summed E-state index contributed by atoms with van der Waals surface area (Å²) in [4.78, 5) is 0. The number of hydrogen-bond acceptors (Lipinski definition) is 4. The van der Waals surface area contributed by atoms with Crippen molar-refractivity contribution in [2.75, 3.05) is 0 Å². The molecule has 10 heavy (non-hydrogen) atoms. The van der Waals surface area contributed by atoms with Crippen molar-refractivity contribution in [3.05, 3.63) is 0 Å². The van der Waals surface area contributed by atoms with Crippen LogP contribution in [0.25, 0.3) is 0 Å². The van der Waals surface area contributed by atoms with Crippen LogP contribution in [-0.4, -0.2) is 83.6 Å². The quantitative estimate of drug-likeness (QED) is 0.276. The van der Waals surface area contributed by atoms with Crippen molar-refractivity contribution in [1.29, 1.82) is 0 Å². The second kappa shape index (κ2) is 18.3. The molecule has 0 saturated carbocycles. The van der Waals surface area contributed by atoms with Crippen LogP contribution >= 0.6 is 0 Å². The maximum atomic E-state index is 8.81. The molecule has 0 atom stereocenters. The van der Waals surface area contributed by atoms with Gasteiger partial charge in [-0.05, 0) is 0 Å². The maximum absolute atomic E-state index is 8.81. The van der Waals surface area contributed by atoms with Gasteiger partial charge in [-0.3, -0.25) is 0 Å². The second-order valence-electron chi connectivity index (χ2n) is 0.533. The third-order valence-corrected chi connectivity index (χ3v) is 0. The van der Waals surface area contributed by atoms with E-state index in [-0.39, 0.29) is 76.2 Å². The molecule has 0 bridgehead atoms. The molecular weight excluding hydrogens is 580 g/mol. The van der Waals surface area contributed by atoms with Crippen LogP contribution in [0.15, 0.2) is 0 Å². The predicted octanol–water partition coefficient (Wildman–Crippen LogP) is -5.03. The van der Waals surface area contributed by atoms with Gasteiger partial charge in [-0.15, -0.1) is 0 Å². The van der Waals surface area contributed by atoms with E-state index in [4.69, 9.17) is 19.9 Å². The largest absolute Gasteiger partial charge is 2.00 e. The fourth-order valence-corrected chi connectivity index (χ4v) is 0. The van der Waals surface area contributed by atoms with Crippen LogP contribution in [0.2, 0.25) is 0 Å². The summed E-state index contributed by atoms with van der Waals surface area (Å²) in [5.74, 6) is 0. The van der Waals surface area contributed by atoms with Crippen molar-refractivity contribution >= 4 is 76.2 Å². The molecule has 0 saturated heterocycles. The molecule has 0 amide bonds. The normalized spacial score (nSPS) is 5.20. The molecule has 6 nitrogen and oxygen atoms in total. The van der Waals surface area contributed by atoms with Crippen molar-refractivity contribution in [3.63, 3.8) is 0 Å². The summed E-state index contributed by atoms with van der Waals surface area (Å²) < 4.78 is 49.1. The molecule has 0 aromatic heterocycles. The monoisotopic (exact) mass is 584 g/mol. The first-order chi connectivity index (χ1) is 3.46. The van der Waals surface area contributed by atoms with Crippen LogP contribution in [0.1, 0.15) is 0 Å². The van der Waals surface area contributed by atoms with Crippen LogP contribution in [0.3, 0.4) is 0 Å². The molecule has 0 spiro atoms. The summed E-state index contributed by atoms with van der Waals surface area (Å²) >= 11 is -7.88. The van der Waals surface area contributed by atoms with Gasteiger partial charge in [0, 0.05) is 0 Å². The van der Waals surface area contributed by atoms with Crippen molar-refractivity contribution < 1.29 is 61.1 Å². The average molecular weight is 584 g/mol. The van der Waals surface area contributed by atoms with Gasteiger partial charge in [-0.2, -0.15) is 0 Å². The molecule has 2 N–H and O–H groups in total. The second-order valence-corrected chi connectivity index (χ2v) is 2.64. The molecule has 10 heteroatoms. The van der Waals surface area contributed by atoms with E-state index in [1.54, 1.807) is 0 Å². The minimum atomic E-state index is -4.29. The Morgan fingerprint density at radius 1 is 1.30 bits per heavy atom. The summed E-state index contributed by atoms with van der Waals surface area (Å²) in [7, 11) is 0. The third kappa shape index (κ3) is 103. The van der Waals surface area contributed by atoms with Gasteiger partial charge in [-0.25, -0.2) is 0 Å². The minimum absolute atomic E-state index is 0. The standard InChI is InChI=1S/Ba.2H2O.4O.Pb.Ti.Zr.2H/h;2*1H2;;;;;;;;;/q;;;;;2*-1;2*+2;;;/p-2. The van der Waals surface area contributed by atoms with E-state index in [0.29, 0.717) is 0 Å². The van der Waals surface area contributed by atoms with Gasteiger partial charge < -0.3 is 0 Å². The van der Waals surface area contributed by atoms with E-state index in [1.165, 1.54) is 0 Å². The average Bonchev–Trinajstić information content (AvgIpc) is 1.25. The summed E-state index contributed by atoms with van der Waals surface area (Å²) in [6.45, 7) is 0. The van der Waals surface area contributed by atoms with E-state index >= 15 is 0 Å². The fourth-order valence-electron chi connectivity index (χ4n) is 0. The molecule has 0 aliphatic carbocycles. The van der Waals surface area contributed by atoms with Gasteiger partial charge in [0.05, 0.1) is 0 Å². The SMILES string of the molecule is [BaH2].[O]=[Ti]([OH])[OH].[O]=[Zr]([O-])[O-].[Pb+2]. The van der Waals surface area contributed by atoms with Crippen LogP contribution < -0.4 is 6.37 Å². The van der Waals surface area contributed by atoms with Gasteiger partial charge in [0.15, 0.2) is 0 Å². The summed E-state index contributed by atoms with van der Waals surface area (Å²) in [5.41, 5.74) is 0. The number of hydrogen-bond donors (Lipinski definition) is 2. The van der Waals surface area contributed by atoms with Crippen molar-refractivity contribution in [2.45, 2.75) is 0 Å². The Morgan fingerprint density at radius 3 is 1.30 bits per heavy atom. The van der Waals surface area contributed by atoms with Crippen LogP contribution in [-0.2, 0) is 47.4 Å². The predicted molar refractivity (Wildman–Crippen MR) is 20.1 cm³/mol. The summed E-state index contributed by atoms with van der Waals surface area (Å²) in [6, 6.07) is 0. The Balaban J connectivity index is -0.0000000300. The molecule has 0 aliphatic heterocycles. The molecule has 2 radical (unpaired) electrons. The third-order valence-electron chi connectivity index (χ3n) is 0. The first-order valence-corrected chi connectivity index (χ1v) is 6.31. The number of rotatable bonds is 0. The van der Waals surface area contributed by atoms with E-state index in [0.717, 1.165) is 0 Å². The van der Waals surface area contributed by atoms with Crippen molar-refractivity contribution in [2.24, 2.45) is 0 Å². The molecule has 0 rings (SSSR count). The Morgan fingerprint density at radius 2 is 1.30 bits per heavy atom. The smallest absolute Gasteiger partial charge is 2.00 e. The molecule has 54 valence electrons. The van der Waals surface area contributed by atoms with Gasteiger partial charge >= 0.3 is 137 Å². The van der Waals surface area contributed by atoms with Crippen LogP contribution in [0.4, 0.5) is 0 Å². The van der Waals surface area contributed by atoms with Crippen LogP contribution in [0, 0.1) is 0 Å². The van der Waals surface area contributed by atoms with Crippen LogP contribution in [0.5, 0.6) is 0 Å². The molecule has 0 aromatic carbocycles. The van der Waals surface area contributed by atoms with E-state index in [2.05, 4.69) is 0 Å². The summed E-state index contributed by atoms with van der Waals surface area (Å²) in [6.07, 6.45) is 0. The van der Waals surface area contributed by atoms with Gasteiger partial charge in [-0.1, -0.05) is 0 Å². The zero-order chi connectivity index (χ0) is 7.15. The first-order valence-electron chi connectivity index (χ1n) is 1.26. The molecule has 0 aliphatic rings. The fraction of sp³-hybridized carbons (Fsp3) is 0. The molecule has 0 aromatic rings. The Hall–Kier alpha value is 3.53. The van der Waals surface area contributed by atoms with Gasteiger partial charge in [0.25, 0.3) is 0 Å². The summed E-state index contributed by atoms with van der Waals surface area (Å²) in [5, 5.41) is 0. The Bertz CT molecular complexity index is 75.7. The Kier molecular flexibility index (Phi) is 42.9. The van der Waals surface area contributed by atoms with Crippen molar-refractivity contribution in [1.82, 2.24) is 0 Å². The van der Waals surface area contributed by atoms with E-state index in [1.807, 2.05) is 0 Å². The topological polar surface area (TPSA) is 121 Å². The van der Waals surface area contributed by atoms with Crippen molar-refractivity contribution in [3.8, 4) is 0 Å². The maximum Gasteiger partial charge on any atom is 2.00 e. The Labute approximate surface area is 134 Å².